The van der Waals surface area contributed by atoms with E-state index in [4.69, 9.17) is 16.3 Å². The Morgan fingerprint density at radius 2 is 2.37 bits per heavy atom. The first-order valence-corrected chi connectivity index (χ1v) is 6.41. The summed E-state index contributed by atoms with van der Waals surface area (Å²) in [5.41, 5.74) is 1.72. The van der Waals surface area contributed by atoms with E-state index in [1.807, 2.05) is 19.1 Å². The quantitative estimate of drug-likeness (QED) is 0.901. The molecule has 1 aromatic carbocycles. The van der Waals surface area contributed by atoms with Crippen molar-refractivity contribution in [2.24, 2.45) is 0 Å². The van der Waals surface area contributed by atoms with Crippen molar-refractivity contribution in [1.29, 1.82) is 0 Å². The van der Waals surface area contributed by atoms with Crippen LogP contribution in [-0.2, 0) is 9.53 Å². The van der Waals surface area contributed by atoms with Crippen molar-refractivity contribution in [3.05, 3.63) is 28.8 Å². The monoisotopic (exact) mass is 304 g/mol. The molecule has 1 amide bonds. The molecule has 1 fully saturated rings. The molecular formula is C13H18Cl2N2O2. The van der Waals surface area contributed by atoms with Gasteiger partial charge in [-0.15, -0.1) is 12.4 Å². The van der Waals surface area contributed by atoms with Crippen LogP contribution >= 0.6 is 24.0 Å². The van der Waals surface area contributed by atoms with Crippen molar-refractivity contribution in [3.63, 3.8) is 0 Å². The van der Waals surface area contributed by atoms with Gasteiger partial charge < -0.3 is 15.4 Å². The molecule has 1 atom stereocenters. The van der Waals surface area contributed by atoms with Gasteiger partial charge in [-0.05, 0) is 24.6 Å². The van der Waals surface area contributed by atoms with Crippen LogP contribution in [0.25, 0.3) is 0 Å². The number of hydrogen-bond donors (Lipinski definition) is 2. The minimum atomic E-state index is -0.0730. The van der Waals surface area contributed by atoms with E-state index >= 15 is 0 Å². The van der Waals surface area contributed by atoms with Gasteiger partial charge in [-0.25, -0.2) is 0 Å². The number of nitrogens with one attached hydrogen (secondary N) is 2. The number of carbonyl (C=O) groups is 1. The molecule has 1 aliphatic heterocycles. The van der Waals surface area contributed by atoms with Crippen LogP contribution in [0.2, 0.25) is 5.02 Å². The first-order valence-electron chi connectivity index (χ1n) is 6.03. The van der Waals surface area contributed by atoms with E-state index in [2.05, 4.69) is 10.6 Å². The smallest absolute Gasteiger partial charge is 0.227 e. The summed E-state index contributed by atoms with van der Waals surface area (Å²) in [7, 11) is 0. The Morgan fingerprint density at radius 3 is 3.05 bits per heavy atom. The second kappa shape index (κ2) is 7.70. The normalized spacial score (nSPS) is 18.5. The Bertz CT molecular complexity index is 435. The molecule has 19 heavy (non-hydrogen) atoms. The van der Waals surface area contributed by atoms with Gasteiger partial charge in [0.05, 0.1) is 29.8 Å². The average Bonchev–Trinajstić information content (AvgIpc) is 2.35. The predicted octanol–water partition coefficient (Wildman–Crippen LogP) is 2.39. The fourth-order valence-electron chi connectivity index (χ4n) is 1.89. The Morgan fingerprint density at radius 1 is 1.58 bits per heavy atom. The van der Waals surface area contributed by atoms with Crippen LogP contribution in [-0.4, -0.2) is 31.7 Å². The largest absolute Gasteiger partial charge is 0.375 e. The Hall–Kier alpha value is -0.810. The maximum Gasteiger partial charge on any atom is 0.227 e. The Labute approximate surface area is 124 Å². The van der Waals surface area contributed by atoms with Crippen molar-refractivity contribution >= 4 is 35.6 Å². The zero-order valence-corrected chi connectivity index (χ0v) is 12.3. The average molecular weight is 305 g/mol. The molecule has 1 aliphatic rings. The molecule has 6 heteroatoms. The van der Waals surface area contributed by atoms with Crippen molar-refractivity contribution in [1.82, 2.24) is 5.32 Å². The van der Waals surface area contributed by atoms with Gasteiger partial charge in [0.25, 0.3) is 0 Å². The molecule has 0 aromatic heterocycles. The van der Waals surface area contributed by atoms with Gasteiger partial charge in [0.2, 0.25) is 5.91 Å². The fraction of sp³-hybridized carbons (Fsp3) is 0.462. The minimum absolute atomic E-state index is 0. The number of carbonyl (C=O) groups excluding carboxylic acids is 1. The Kier molecular flexibility index (Phi) is 6.58. The molecule has 1 heterocycles. The molecule has 0 bridgehead atoms. The number of aryl methyl sites for hydroxylation is 1. The zero-order chi connectivity index (χ0) is 13.0. The van der Waals surface area contributed by atoms with Gasteiger partial charge in [0.1, 0.15) is 0 Å². The number of anilines is 1. The van der Waals surface area contributed by atoms with E-state index in [1.54, 1.807) is 6.07 Å². The van der Waals surface area contributed by atoms with E-state index in [0.29, 0.717) is 23.7 Å². The third-order valence-corrected chi connectivity index (χ3v) is 3.14. The minimum Gasteiger partial charge on any atom is -0.375 e. The van der Waals surface area contributed by atoms with E-state index in [9.17, 15) is 4.79 Å². The van der Waals surface area contributed by atoms with Gasteiger partial charge in [-0.1, -0.05) is 17.7 Å². The van der Waals surface area contributed by atoms with Crippen molar-refractivity contribution in [3.8, 4) is 0 Å². The molecule has 2 rings (SSSR count). The van der Waals surface area contributed by atoms with Crippen LogP contribution in [0.4, 0.5) is 5.69 Å². The van der Waals surface area contributed by atoms with Crippen LogP contribution in [0.5, 0.6) is 0 Å². The lowest BCUT2D eigenvalue weighted by Crippen LogP contribution is -2.40. The summed E-state index contributed by atoms with van der Waals surface area (Å²) in [6.07, 6.45) is 0.291. The zero-order valence-electron chi connectivity index (χ0n) is 10.7. The maximum absolute atomic E-state index is 11.9. The number of morpholine rings is 1. The highest BCUT2D eigenvalue weighted by molar-refractivity contribution is 6.33. The summed E-state index contributed by atoms with van der Waals surface area (Å²) in [4.78, 5) is 11.9. The standard InChI is InChI=1S/C13H17ClN2O2.ClH/c1-9-2-3-11(14)12(6-9)16-13(17)7-10-8-15-4-5-18-10;/h2-3,6,10,15H,4-5,7-8H2,1H3,(H,16,17);1H. The van der Waals surface area contributed by atoms with Crippen LogP contribution in [0.15, 0.2) is 18.2 Å². The molecule has 1 aromatic rings. The van der Waals surface area contributed by atoms with Crippen LogP contribution in [0, 0.1) is 6.92 Å². The first-order chi connectivity index (χ1) is 8.65. The molecule has 0 spiro atoms. The fourth-order valence-corrected chi connectivity index (χ4v) is 2.06. The highest BCUT2D eigenvalue weighted by atomic mass is 35.5. The van der Waals surface area contributed by atoms with Crippen molar-refractivity contribution < 1.29 is 9.53 Å². The lowest BCUT2D eigenvalue weighted by atomic mass is 10.2. The summed E-state index contributed by atoms with van der Waals surface area (Å²) in [5.74, 6) is -0.0730. The van der Waals surface area contributed by atoms with E-state index < -0.39 is 0 Å². The summed E-state index contributed by atoms with van der Waals surface area (Å²) >= 11 is 6.02. The molecule has 0 saturated carbocycles. The predicted molar refractivity (Wildman–Crippen MR) is 79.3 cm³/mol. The molecule has 106 valence electrons. The van der Waals surface area contributed by atoms with E-state index in [0.717, 1.165) is 18.7 Å². The lowest BCUT2D eigenvalue weighted by molar-refractivity contribution is -0.119. The number of amides is 1. The number of hydrogen-bond acceptors (Lipinski definition) is 3. The summed E-state index contributed by atoms with van der Waals surface area (Å²) in [6, 6.07) is 5.55. The first kappa shape index (κ1) is 16.2. The maximum atomic E-state index is 11.9. The van der Waals surface area contributed by atoms with Crippen molar-refractivity contribution in [2.45, 2.75) is 19.4 Å². The van der Waals surface area contributed by atoms with Gasteiger partial charge in [0.15, 0.2) is 0 Å². The van der Waals surface area contributed by atoms with Crippen LogP contribution < -0.4 is 10.6 Å². The van der Waals surface area contributed by atoms with E-state index in [-0.39, 0.29) is 24.4 Å². The second-order valence-corrected chi connectivity index (χ2v) is 4.84. The van der Waals surface area contributed by atoms with Crippen LogP contribution in [0.3, 0.4) is 0 Å². The topological polar surface area (TPSA) is 50.4 Å². The SMILES string of the molecule is Cc1ccc(Cl)c(NC(=O)CC2CNCCO2)c1.Cl. The third kappa shape index (κ3) is 4.99. The third-order valence-electron chi connectivity index (χ3n) is 2.81. The number of rotatable bonds is 3. The highest BCUT2D eigenvalue weighted by Gasteiger charge is 2.17. The lowest BCUT2D eigenvalue weighted by Gasteiger charge is -2.23. The second-order valence-electron chi connectivity index (χ2n) is 4.43. The number of halogens is 2. The Balaban J connectivity index is 0.00000180. The molecule has 2 N–H and O–H groups in total. The molecular weight excluding hydrogens is 287 g/mol. The van der Waals surface area contributed by atoms with Gasteiger partial charge in [-0.2, -0.15) is 0 Å². The summed E-state index contributed by atoms with van der Waals surface area (Å²) in [6.45, 7) is 4.18. The van der Waals surface area contributed by atoms with E-state index in [1.165, 1.54) is 0 Å². The number of ether oxygens (including phenoxy) is 1. The van der Waals surface area contributed by atoms with Crippen molar-refractivity contribution in [2.75, 3.05) is 25.0 Å². The molecule has 1 unspecified atom stereocenters. The molecule has 0 radical (unpaired) electrons. The molecule has 0 aliphatic carbocycles. The molecule has 1 saturated heterocycles. The van der Waals surface area contributed by atoms with Gasteiger partial charge >= 0.3 is 0 Å². The van der Waals surface area contributed by atoms with Gasteiger partial charge in [-0.3, -0.25) is 4.79 Å². The summed E-state index contributed by atoms with van der Waals surface area (Å²) < 4.78 is 5.48. The summed E-state index contributed by atoms with van der Waals surface area (Å²) in [5, 5.41) is 6.57. The number of benzene rings is 1. The van der Waals surface area contributed by atoms with Gasteiger partial charge in [0, 0.05) is 13.1 Å². The van der Waals surface area contributed by atoms with Crippen LogP contribution in [0.1, 0.15) is 12.0 Å². The highest BCUT2D eigenvalue weighted by Crippen LogP contribution is 2.23. The molecule has 4 nitrogen and oxygen atoms in total.